The van der Waals surface area contributed by atoms with E-state index in [4.69, 9.17) is 10.2 Å². The van der Waals surface area contributed by atoms with Crippen LogP contribution in [-0.4, -0.2) is 52.9 Å². The Morgan fingerprint density at radius 1 is 1.47 bits per heavy atom. The van der Waals surface area contributed by atoms with Crippen LogP contribution in [0.25, 0.3) is 0 Å². The van der Waals surface area contributed by atoms with Crippen LogP contribution in [-0.2, 0) is 4.79 Å². The predicted molar refractivity (Wildman–Crippen MR) is 61.6 cm³/mol. The number of aliphatic hydroxyl groups excluding tert-OH is 1. The molecule has 1 fully saturated rings. The molecule has 1 saturated carbocycles. The zero-order valence-electron chi connectivity index (χ0n) is 10.2. The van der Waals surface area contributed by atoms with Crippen molar-refractivity contribution in [3.63, 3.8) is 0 Å². The average molecular weight is 244 g/mol. The van der Waals surface area contributed by atoms with Gasteiger partial charge in [0.2, 0.25) is 0 Å². The van der Waals surface area contributed by atoms with Gasteiger partial charge in [0.25, 0.3) is 0 Å². The summed E-state index contributed by atoms with van der Waals surface area (Å²) >= 11 is 0. The van der Waals surface area contributed by atoms with Crippen molar-refractivity contribution in [1.82, 2.24) is 10.2 Å². The van der Waals surface area contributed by atoms with Gasteiger partial charge in [-0.25, -0.2) is 9.59 Å². The van der Waals surface area contributed by atoms with Gasteiger partial charge in [-0.15, -0.1) is 0 Å². The molecule has 0 aromatic carbocycles. The largest absolute Gasteiger partial charge is 0.480 e. The lowest BCUT2D eigenvalue weighted by Gasteiger charge is -2.34. The smallest absolute Gasteiger partial charge is 0.326 e. The average Bonchev–Trinajstić information content (AvgIpc) is 2.22. The summed E-state index contributed by atoms with van der Waals surface area (Å²) in [6, 6.07) is -1.21. The summed E-state index contributed by atoms with van der Waals surface area (Å²) < 4.78 is 0. The van der Waals surface area contributed by atoms with Gasteiger partial charge in [-0.1, -0.05) is 6.92 Å². The minimum atomic E-state index is -1.02. The SMILES string of the molecule is CCC(NC(=O)N(C)CC1CC(O)C1)C(=O)O. The Morgan fingerprint density at radius 2 is 2.06 bits per heavy atom. The molecule has 6 heteroatoms. The van der Waals surface area contributed by atoms with Gasteiger partial charge in [-0.05, 0) is 25.2 Å². The van der Waals surface area contributed by atoms with E-state index in [9.17, 15) is 9.59 Å². The number of amides is 2. The highest BCUT2D eigenvalue weighted by Gasteiger charge is 2.29. The van der Waals surface area contributed by atoms with E-state index in [1.165, 1.54) is 4.90 Å². The molecule has 1 atom stereocenters. The number of carbonyl (C=O) groups is 2. The zero-order chi connectivity index (χ0) is 13.0. The second-order valence-electron chi connectivity index (χ2n) is 4.62. The third-order valence-corrected chi connectivity index (χ3v) is 3.09. The van der Waals surface area contributed by atoms with Crippen LogP contribution in [0.15, 0.2) is 0 Å². The highest BCUT2D eigenvalue weighted by molar-refractivity contribution is 5.82. The fourth-order valence-electron chi connectivity index (χ4n) is 1.92. The molecule has 1 aliphatic rings. The second-order valence-corrected chi connectivity index (χ2v) is 4.62. The molecular weight excluding hydrogens is 224 g/mol. The first kappa shape index (κ1) is 13.8. The van der Waals surface area contributed by atoms with Gasteiger partial charge in [0.05, 0.1) is 6.10 Å². The predicted octanol–water partition coefficient (Wildman–Crippen LogP) is 0.262. The lowest BCUT2D eigenvalue weighted by molar-refractivity contribution is -0.139. The molecule has 0 bridgehead atoms. The van der Waals surface area contributed by atoms with E-state index < -0.39 is 12.0 Å². The number of hydrogen-bond acceptors (Lipinski definition) is 3. The maximum absolute atomic E-state index is 11.7. The fourth-order valence-corrected chi connectivity index (χ4v) is 1.92. The summed E-state index contributed by atoms with van der Waals surface area (Å²) in [7, 11) is 1.63. The normalized spacial score (nSPS) is 24.6. The Hall–Kier alpha value is -1.30. The summed E-state index contributed by atoms with van der Waals surface area (Å²) in [5.41, 5.74) is 0. The number of carbonyl (C=O) groups excluding carboxylic acids is 1. The van der Waals surface area contributed by atoms with Crippen molar-refractivity contribution in [1.29, 1.82) is 0 Å². The molecule has 17 heavy (non-hydrogen) atoms. The van der Waals surface area contributed by atoms with Crippen LogP contribution < -0.4 is 5.32 Å². The van der Waals surface area contributed by atoms with Crippen molar-refractivity contribution in [2.75, 3.05) is 13.6 Å². The highest BCUT2D eigenvalue weighted by atomic mass is 16.4. The molecule has 0 aromatic rings. The maximum atomic E-state index is 11.7. The number of rotatable bonds is 5. The van der Waals surface area contributed by atoms with Gasteiger partial charge in [0.1, 0.15) is 6.04 Å². The maximum Gasteiger partial charge on any atom is 0.326 e. The number of aliphatic carboxylic acids is 1. The Balaban J connectivity index is 2.33. The number of urea groups is 1. The van der Waals surface area contributed by atoms with Crippen molar-refractivity contribution in [2.24, 2.45) is 5.92 Å². The molecule has 0 saturated heterocycles. The number of nitrogens with one attached hydrogen (secondary N) is 1. The Labute approximate surface area is 101 Å². The first-order valence-electron chi connectivity index (χ1n) is 5.86. The molecule has 1 unspecified atom stereocenters. The quantitative estimate of drug-likeness (QED) is 0.647. The molecular formula is C11H20N2O4. The Kier molecular flexibility index (Phi) is 4.74. The summed E-state index contributed by atoms with van der Waals surface area (Å²) in [4.78, 5) is 23.9. The number of carboxylic acid groups (broad SMARTS) is 1. The molecule has 1 aliphatic carbocycles. The third-order valence-electron chi connectivity index (χ3n) is 3.09. The molecule has 98 valence electrons. The molecule has 0 aliphatic heterocycles. The van der Waals surface area contributed by atoms with Gasteiger partial charge in [0, 0.05) is 13.6 Å². The van der Waals surface area contributed by atoms with Crippen LogP contribution in [0.3, 0.4) is 0 Å². The first-order valence-corrected chi connectivity index (χ1v) is 5.86. The zero-order valence-corrected chi connectivity index (χ0v) is 10.2. The van der Waals surface area contributed by atoms with E-state index >= 15 is 0 Å². The van der Waals surface area contributed by atoms with E-state index in [2.05, 4.69) is 5.32 Å². The van der Waals surface area contributed by atoms with Crippen LogP contribution >= 0.6 is 0 Å². The molecule has 3 N–H and O–H groups in total. The monoisotopic (exact) mass is 244 g/mol. The first-order chi connectivity index (χ1) is 7.93. The molecule has 2 amide bonds. The van der Waals surface area contributed by atoms with Crippen LogP contribution in [0.1, 0.15) is 26.2 Å². The number of nitrogens with zero attached hydrogens (tertiary/aromatic N) is 1. The van der Waals surface area contributed by atoms with E-state index in [-0.39, 0.29) is 12.1 Å². The molecule has 1 rings (SSSR count). The third kappa shape index (κ3) is 3.89. The van der Waals surface area contributed by atoms with Crippen molar-refractivity contribution in [2.45, 2.75) is 38.3 Å². The van der Waals surface area contributed by atoms with Crippen molar-refractivity contribution in [3.8, 4) is 0 Å². The van der Waals surface area contributed by atoms with E-state index in [1.54, 1.807) is 14.0 Å². The van der Waals surface area contributed by atoms with Gasteiger partial charge in [-0.2, -0.15) is 0 Å². The molecule has 0 spiro atoms. The van der Waals surface area contributed by atoms with Crippen LogP contribution in [0, 0.1) is 5.92 Å². The van der Waals surface area contributed by atoms with Gasteiger partial charge in [0.15, 0.2) is 0 Å². The summed E-state index contributed by atoms with van der Waals surface area (Å²) in [5.74, 6) is -0.695. The van der Waals surface area contributed by atoms with Crippen molar-refractivity contribution >= 4 is 12.0 Å². The van der Waals surface area contributed by atoms with E-state index in [0.717, 1.165) is 0 Å². The van der Waals surface area contributed by atoms with Crippen LogP contribution in [0.5, 0.6) is 0 Å². The molecule has 0 heterocycles. The Morgan fingerprint density at radius 3 is 2.47 bits per heavy atom. The van der Waals surface area contributed by atoms with Crippen LogP contribution in [0.2, 0.25) is 0 Å². The molecule has 6 nitrogen and oxygen atoms in total. The molecule has 0 radical (unpaired) electrons. The summed E-state index contributed by atoms with van der Waals surface area (Å²) in [6.45, 7) is 2.26. The standard InChI is InChI=1S/C11H20N2O4/c1-3-9(10(15)16)12-11(17)13(2)6-7-4-8(14)5-7/h7-9,14H,3-6H2,1-2H3,(H,12,17)(H,15,16). The fraction of sp³-hybridized carbons (Fsp3) is 0.818. The molecule has 0 aromatic heterocycles. The summed E-state index contributed by atoms with van der Waals surface area (Å²) in [6.07, 6.45) is 1.55. The minimum Gasteiger partial charge on any atom is -0.480 e. The van der Waals surface area contributed by atoms with Gasteiger partial charge >= 0.3 is 12.0 Å². The van der Waals surface area contributed by atoms with Gasteiger partial charge < -0.3 is 20.4 Å². The van der Waals surface area contributed by atoms with E-state index in [0.29, 0.717) is 31.7 Å². The number of carboxylic acids is 1. The topological polar surface area (TPSA) is 89.9 Å². The lowest BCUT2D eigenvalue weighted by Crippen LogP contribution is -2.48. The van der Waals surface area contributed by atoms with E-state index in [1.807, 2.05) is 0 Å². The van der Waals surface area contributed by atoms with Crippen molar-refractivity contribution in [3.05, 3.63) is 0 Å². The highest BCUT2D eigenvalue weighted by Crippen LogP contribution is 2.27. The minimum absolute atomic E-state index is 0.237. The second kappa shape index (κ2) is 5.86. The lowest BCUT2D eigenvalue weighted by atomic mass is 9.82. The van der Waals surface area contributed by atoms with Crippen LogP contribution in [0.4, 0.5) is 4.79 Å². The number of hydrogen-bond donors (Lipinski definition) is 3. The summed E-state index contributed by atoms with van der Waals surface area (Å²) in [5, 5.41) is 20.4. The number of aliphatic hydroxyl groups is 1. The Bertz CT molecular complexity index is 289. The van der Waals surface area contributed by atoms with Crippen molar-refractivity contribution < 1.29 is 19.8 Å². The van der Waals surface area contributed by atoms with Gasteiger partial charge in [-0.3, -0.25) is 0 Å².